The minimum Gasteiger partial charge on any atom is -0.497 e. The van der Waals surface area contributed by atoms with Gasteiger partial charge in [0.05, 0.1) is 12.6 Å². The van der Waals surface area contributed by atoms with Gasteiger partial charge in [-0.2, -0.15) is 0 Å². The molecule has 0 aliphatic rings. The third-order valence-corrected chi connectivity index (χ3v) is 2.29. The summed E-state index contributed by atoms with van der Waals surface area (Å²) >= 11 is 0. The number of hydrogen-bond acceptors (Lipinski definition) is 2. The molecule has 0 saturated carbocycles. The summed E-state index contributed by atoms with van der Waals surface area (Å²) in [6, 6.07) is 7.59. The van der Waals surface area contributed by atoms with Gasteiger partial charge in [0.25, 0.3) is 0 Å². The van der Waals surface area contributed by atoms with E-state index >= 15 is 0 Å². The van der Waals surface area contributed by atoms with Crippen molar-refractivity contribution in [1.29, 1.82) is 0 Å². The van der Waals surface area contributed by atoms with Gasteiger partial charge in [0.1, 0.15) is 5.75 Å². The van der Waals surface area contributed by atoms with Gasteiger partial charge in [-0.25, -0.2) is 6.57 Å². The molecule has 0 radical (unpaired) electrons. The maximum atomic E-state index is 6.87. The Kier molecular flexibility index (Phi) is 2.51. The number of fused-ring (bicyclic) bond motifs is 1. The smallest absolute Gasteiger partial charge is 0.240 e. The monoisotopic (exact) mass is 198 g/mol. The molecule has 0 atom stereocenters. The highest BCUT2D eigenvalue weighted by Crippen LogP contribution is 2.22. The van der Waals surface area contributed by atoms with Crippen LogP contribution in [-0.4, -0.2) is 12.1 Å². The van der Waals surface area contributed by atoms with E-state index in [9.17, 15) is 0 Å². The molecule has 3 heteroatoms. The first kappa shape index (κ1) is 9.47. The molecular formula is C12H10N2O. The lowest BCUT2D eigenvalue weighted by molar-refractivity contribution is 0.415. The van der Waals surface area contributed by atoms with Crippen LogP contribution in [0.15, 0.2) is 30.5 Å². The summed E-state index contributed by atoms with van der Waals surface area (Å²) in [6.07, 6.45) is 1.72. The van der Waals surface area contributed by atoms with E-state index in [4.69, 9.17) is 11.3 Å². The average molecular weight is 198 g/mol. The lowest BCUT2D eigenvalue weighted by Gasteiger charge is -2.03. The molecule has 0 unspecified atom stereocenters. The highest BCUT2D eigenvalue weighted by Gasteiger charge is 2.04. The summed E-state index contributed by atoms with van der Waals surface area (Å²) < 4.78 is 5.12. The van der Waals surface area contributed by atoms with Gasteiger partial charge in [-0.15, -0.1) is 0 Å². The zero-order valence-electron chi connectivity index (χ0n) is 8.40. The van der Waals surface area contributed by atoms with Crippen molar-refractivity contribution >= 4 is 10.9 Å². The summed E-state index contributed by atoms with van der Waals surface area (Å²) in [5.41, 5.74) is 1.88. The number of rotatable bonds is 2. The van der Waals surface area contributed by atoms with Gasteiger partial charge in [0.15, 0.2) is 0 Å². The molecule has 2 aromatic rings. The van der Waals surface area contributed by atoms with Crippen LogP contribution in [0.1, 0.15) is 5.56 Å². The van der Waals surface area contributed by atoms with Crippen molar-refractivity contribution in [2.24, 2.45) is 0 Å². The highest BCUT2D eigenvalue weighted by atomic mass is 16.5. The average Bonchev–Trinajstić information content (AvgIpc) is 2.29. The zero-order valence-corrected chi connectivity index (χ0v) is 8.40. The van der Waals surface area contributed by atoms with Crippen LogP contribution in [0, 0.1) is 6.57 Å². The third kappa shape index (κ3) is 1.75. The highest BCUT2D eigenvalue weighted by molar-refractivity contribution is 5.83. The number of hydrogen-bond donors (Lipinski definition) is 0. The first-order valence-corrected chi connectivity index (χ1v) is 4.60. The summed E-state index contributed by atoms with van der Waals surface area (Å²) in [5.74, 6) is 0.787. The minimum atomic E-state index is 0.394. The second-order valence-corrected chi connectivity index (χ2v) is 3.17. The lowest BCUT2D eigenvalue weighted by Crippen LogP contribution is -1.88. The Morgan fingerprint density at radius 2 is 2.27 bits per heavy atom. The van der Waals surface area contributed by atoms with Crippen molar-refractivity contribution < 1.29 is 4.74 Å². The largest absolute Gasteiger partial charge is 0.497 e. The second kappa shape index (κ2) is 3.97. The first-order valence-electron chi connectivity index (χ1n) is 4.60. The Labute approximate surface area is 88.1 Å². The zero-order chi connectivity index (χ0) is 10.7. The van der Waals surface area contributed by atoms with Crippen molar-refractivity contribution in [1.82, 2.24) is 4.98 Å². The van der Waals surface area contributed by atoms with Crippen LogP contribution in [0.2, 0.25) is 0 Å². The van der Waals surface area contributed by atoms with Crippen LogP contribution in [0.25, 0.3) is 15.7 Å². The molecular weight excluding hydrogens is 188 g/mol. The van der Waals surface area contributed by atoms with Gasteiger partial charge in [0.2, 0.25) is 6.54 Å². The van der Waals surface area contributed by atoms with E-state index < -0.39 is 0 Å². The third-order valence-electron chi connectivity index (χ3n) is 2.29. The van der Waals surface area contributed by atoms with Crippen LogP contribution >= 0.6 is 0 Å². The van der Waals surface area contributed by atoms with Crippen LogP contribution in [0.4, 0.5) is 0 Å². The predicted molar refractivity (Wildman–Crippen MR) is 58.6 cm³/mol. The Bertz CT molecular complexity index is 529. The van der Waals surface area contributed by atoms with Crippen LogP contribution < -0.4 is 4.74 Å². The predicted octanol–water partition coefficient (Wildman–Crippen LogP) is 2.66. The van der Waals surface area contributed by atoms with E-state index in [2.05, 4.69) is 9.83 Å². The summed E-state index contributed by atoms with van der Waals surface area (Å²) in [5, 5.41) is 1.02. The molecule has 0 fully saturated rings. The van der Waals surface area contributed by atoms with Gasteiger partial charge in [0, 0.05) is 23.2 Å². The molecule has 15 heavy (non-hydrogen) atoms. The molecule has 0 N–H and O–H groups in total. The SMILES string of the molecule is [C-]#[N+]Cc1ccnc2cc(OC)ccc12. The van der Waals surface area contributed by atoms with Crippen molar-refractivity contribution in [3.63, 3.8) is 0 Å². The summed E-state index contributed by atoms with van der Waals surface area (Å²) in [6.45, 7) is 7.27. The van der Waals surface area contributed by atoms with E-state index in [1.165, 1.54) is 0 Å². The van der Waals surface area contributed by atoms with Crippen molar-refractivity contribution in [2.45, 2.75) is 6.54 Å². The molecule has 0 amide bonds. The van der Waals surface area contributed by atoms with Crippen molar-refractivity contribution in [3.05, 3.63) is 47.4 Å². The molecule has 3 nitrogen and oxygen atoms in total. The van der Waals surface area contributed by atoms with Crippen molar-refractivity contribution in [2.75, 3.05) is 7.11 Å². The van der Waals surface area contributed by atoms with E-state index in [0.29, 0.717) is 6.54 Å². The van der Waals surface area contributed by atoms with E-state index in [1.807, 2.05) is 24.3 Å². The fourth-order valence-corrected chi connectivity index (χ4v) is 1.54. The topological polar surface area (TPSA) is 26.5 Å². The summed E-state index contributed by atoms with van der Waals surface area (Å²) in [7, 11) is 1.63. The molecule has 74 valence electrons. The van der Waals surface area contributed by atoms with Crippen molar-refractivity contribution in [3.8, 4) is 5.75 Å². The molecule has 0 aliphatic carbocycles. The lowest BCUT2D eigenvalue weighted by atomic mass is 10.1. The fraction of sp³-hybridized carbons (Fsp3) is 0.167. The molecule has 1 heterocycles. The fourth-order valence-electron chi connectivity index (χ4n) is 1.54. The molecule has 1 aromatic carbocycles. The maximum absolute atomic E-state index is 6.87. The Morgan fingerprint density at radius 3 is 3.00 bits per heavy atom. The Morgan fingerprint density at radius 1 is 1.40 bits per heavy atom. The molecule has 2 rings (SSSR count). The normalized spacial score (nSPS) is 9.87. The van der Waals surface area contributed by atoms with Gasteiger partial charge in [-0.05, 0) is 18.2 Å². The molecule has 0 spiro atoms. The second-order valence-electron chi connectivity index (χ2n) is 3.17. The van der Waals surface area contributed by atoms with Gasteiger partial charge in [-0.1, -0.05) is 0 Å². The molecule has 0 aliphatic heterocycles. The Balaban J connectivity index is 2.62. The molecule has 0 bridgehead atoms. The van der Waals surface area contributed by atoms with E-state index in [-0.39, 0.29) is 0 Å². The molecule has 0 saturated heterocycles. The van der Waals surface area contributed by atoms with Gasteiger partial charge in [-0.3, -0.25) is 4.98 Å². The van der Waals surface area contributed by atoms with E-state index in [1.54, 1.807) is 13.3 Å². The number of aromatic nitrogens is 1. The maximum Gasteiger partial charge on any atom is 0.240 e. The number of ether oxygens (including phenoxy) is 1. The number of nitrogens with zero attached hydrogens (tertiary/aromatic N) is 2. The quantitative estimate of drug-likeness (QED) is 0.693. The summed E-state index contributed by atoms with van der Waals surface area (Å²) in [4.78, 5) is 7.64. The van der Waals surface area contributed by atoms with E-state index in [0.717, 1.165) is 22.2 Å². The van der Waals surface area contributed by atoms with Crippen LogP contribution in [-0.2, 0) is 6.54 Å². The van der Waals surface area contributed by atoms with Crippen LogP contribution in [0.3, 0.4) is 0 Å². The number of benzene rings is 1. The van der Waals surface area contributed by atoms with Gasteiger partial charge >= 0.3 is 0 Å². The molecule has 1 aromatic heterocycles. The Hall–Kier alpha value is -2.08. The van der Waals surface area contributed by atoms with Crippen LogP contribution in [0.5, 0.6) is 5.75 Å². The minimum absolute atomic E-state index is 0.394. The standard InChI is InChI=1S/C12H10N2O/c1-13-8-9-5-6-14-12-7-10(15-2)3-4-11(9)12/h3-7H,8H2,2H3. The number of methoxy groups -OCH3 is 1. The number of pyridine rings is 1. The first-order chi connectivity index (χ1) is 7.35. The van der Waals surface area contributed by atoms with Gasteiger partial charge < -0.3 is 9.58 Å².